The maximum atomic E-state index is 12.7. The van der Waals surface area contributed by atoms with Gasteiger partial charge in [0.1, 0.15) is 18.1 Å². The summed E-state index contributed by atoms with van der Waals surface area (Å²) >= 11 is 0. The Balaban J connectivity index is 1.81. The van der Waals surface area contributed by atoms with E-state index in [0.29, 0.717) is 12.2 Å². The van der Waals surface area contributed by atoms with Crippen molar-refractivity contribution >= 4 is 11.9 Å². The molecule has 3 rings (SSSR count). The van der Waals surface area contributed by atoms with Crippen LogP contribution < -0.4 is 9.47 Å². The minimum absolute atomic E-state index is 0.0536. The van der Waals surface area contributed by atoms with Crippen LogP contribution in [-0.4, -0.2) is 22.7 Å². The Kier molecular flexibility index (Phi) is 6.40. The third-order valence-corrected chi connectivity index (χ3v) is 5.43. The number of carbonyl (C=O) groups excluding carboxylic acids is 1. The van der Waals surface area contributed by atoms with Gasteiger partial charge in [-0.2, -0.15) is 5.10 Å². The molecule has 5 nitrogen and oxygen atoms in total. The number of rotatable bonds is 7. The first kappa shape index (κ1) is 21.4. The topological polar surface area (TPSA) is 53.3 Å². The number of nitrogens with zero attached hydrogens (tertiary/aromatic N) is 2. The van der Waals surface area contributed by atoms with Crippen LogP contribution in [0.4, 0.5) is 0 Å². The van der Waals surface area contributed by atoms with E-state index in [4.69, 9.17) is 9.47 Å². The molecule has 0 N–H and O–H groups in total. The number of aromatic nitrogens is 2. The van der Waals surface area contributed by atoms with E-state index < -0.39 is 0 Å². The van der Waals surface area contributed by atoms with Gasteiger partial charge in [-0.25, -0.2) is 0 Å². The standard InChI is InChI=1S/C25H28N2O3/c1-16-8-7-9-23(17(16)2)30-15-21-14-20(11-13-24(21)29-6)10-12-22(28)25-18(3)26-27(5)19(25)4/h7-14H,15H2,1-6H3/b12-10+. The van der Waals surface area contributed by atoms with Crippen LogP contribution in [0.1, 0.15) is 44.0 Å². The summed E-state index contributed by atoms with van der Waals surface area (Å²) < 4.78 is 13.3. The van der Waals surface area contributed by atoms with Gasteiger partial charge in [0, 0.05) is 18.3 Å². The van der Waals surface area contributed by atoms with Crippen molar-refractivity contribution in [2.24, 2.45) is 7.05 Å². The van der Waals surface area contributed by atoms with E-state index >= 15 is 0 Å². The molecule has 0 fully saturated rings. The van der Waals surface area contributed by atoms with E-state index in [1.165, 1.54) is 5.56 Å². The number of carbonyl (C=O) groups is 1. The molecule has 0 bridgehead atoms. The molecular weight excluding hydrogens is 376 g/mol. The molecule has 5 heteroatoms. The van der Waals surface area contributed by atoms with Gasteiger partial charge < -0.3 is 9.47 Å². The van der Waals surface area contributed by atoms with Gasteiger partial charge in [0.25, 0.3) is 0 Å². The van der Waals surface area contributed by atoms with Crippen LogP contribution in [0, 0.1) is 27.7 Å². The highest BCUT2D eigenvalue weighted by Gasteiger charge is 2.15. The summed E-state index contributed by atoms with van der Waals surface area (Å²) in [6.45, 7) is 8.25. The van der Waals surface area contributed by atoms with Gasteiger partial charge in [0.05, 0.1) is 18.4 Å². The molecule has 1 aromatic heterocycles. The number of ketones is 1. The van der Waals surface area contributed by atoms with Crippen molar-refractivity contribution < 1.29 is 14.3 Å². The SMILES string of the molecule is COc1ccc(/C=C/C(=O)c2c(C)nn(C)c2C)cc1COc1cccc(C)c1C. The second-order valence-corrected chi connectivity index (χ2v) is 7.43. The molecule has 0 saturated heterocycles. The summed E-state index contributed by atoms with van der Waals surface area (Å²) in [7, 11) is 3.48. The van der Waals surface area contributed by atoms with Crippen LogP contribution in [0.5, 0.6) is 11.5 Å². The van der Waals surface area contributed by atoms with Crippen LogP contribution in [0.25, 0.3) is 6.08 Å². The van der Waals surface area contributed by atoms with Crippen LogP contribution in [0.3, 0.4) is 0 Å². The lowest BCUT2D eigenvalue weighted by atomic mass is 10.1. The normalized spacial score (nSPS) is 11.1. The summed E-state index contributed by atoms with van der Waals surface area (Å²) in [5.74, 6) is 1.56. The number of ether oxygens (including phenoxy) is 2. The van der Waals surface area contributed by atoms with Crippen molar-refractivity contribution in [1.82, 2.24) is 9.78 Å². The summed E-state index contributed by atoms with van der Waals surface area (Å²) in [6, 6.07) is 11.8. The minimum Gasteiger partial charge on any atom is -0.496 e. The second-order valence-electron chi connectivity index (χ2n) is 7.43. The first-order chi connectivity index (χ1) is 14.3. The molecule has 0 unspecified atom stereocenters. The summed E-state index contributed by atoms with van der Waals surface area (Å²) in [5, 5.41) is 4.32. The number of methoxy groups -OCH3 is 1. The number of benzene rings is 2. The number of hydrogen-bond acceptors (Lipinski definition) is 4. The Morgan fingerprint density at radius 3 is 2.53 bits per heavy atom. The maximum absolute atomic E-state index is 12.7. The average Bonchev–Trinajstić information content (AvgIpc) is 2.98. The largest absolute Gasteiger partial charge is 0.496 e. The molecule has 0 aliphatic heterocycles. The molecule has 1 heterocycles. The van der Waals surface area contributed by atoms with E-state index in [2.05, 4.69) is 25.0 Å². The van der Waals surface area contributed by atoms with Gasteiger partial charge in [-0.1, -0.05) is 24.3 Å². The van der Waals surface area contributed by atoms with Crippen molar-refractivity contribution in [3.8, 4) is 11.5 Å². The summed E-state index contributed by atoms with van der Waals surface area (Å²) in [5.41, 5.74) is 6.39. The molecule has 30 heavy (non-hydrogen) atoms. The van der Waals surface area contributed by atoms with Crippen LogP contribution in [0.2, 0.25) is 0 Å². The molecule has 2 aromatic carbocycles. The first-order valence-electron chi connectivity index (χ1n) is 9.90. The van der Waals surface area contributed by atoms with E-state index in [0.717, 1.165) is 39.6 Å². The molecule has 3 aromatic rings. The Bertz CT molecular complexity index is 1110. The maximum Gasteiger partial charge on any atom is 0.189 e. The van der Waals surface area contributed by atoms with E-state index in [9.17, 15) is 4.79 Å². The number of aryl methyl sites for hydroxylation is 3. The summed E-state index contributed by atoms with van der Waals surface area (Å²) in [6.07, 6.45) is 3.41. The van der Waals surface area contributed by atoms with Crippen molar-refractivity contribution in [1.29, 1.82) is 0 Å². The molecule has 0 spiro atoms. The molecule has 0 atom stereocenters. The third kappa shape index (κ3) is 4.46. The van der Waals surface area contributed by atoms with Crippen molar-refractivity contribution in [2.75, 3.05) is 7.11 Å². The Labute approximate surface area is 178 Å². The Morgan fingerprint density at radius 2 is 1.87 bits per heavy atom. The lowest BCUT2D eigenvalue weighted by Gasteiger charge is -2.13. The van der Waals surface area contributed by atoms with Crippen LogP contribution >= 0.6 is 0 Å². The van der Waals surface area contributed by atoms with E-state index in [1.807, 2.05) is 57.3 Å². The van der Waals surface area contributed by atoms with Gasteiger partial charge in [-0.05, 0) is 68.7 Å². The molecule has 0 aliphatic rings. The van der Waals surface area contributed by atoms with Gasteiger partial charge in [-0.15, -0.1) is 0 Å². The fourth-order valence-corrected chi connectivity index (χ4v) is 3.44. The highest BCUT2D eigenvalue weighted by molar-refractivity contribution is 6.08. The lowest BCUT2D eigenvalue weighted by molar-refractivity contribution is 0.104. The average molecular weight is 405 g/mol. The lowest BCUT2D eigenvalue weighted by Crippen LogP contribution is -2.01. The van der Waals surface area contributed by atoms with Crippen molar-refractivity contribution in [2.45, 2.75) is 34.3 Å². The summed E-state index contributed by atoms with van der Waals surface area (Å²) in [4.78, 5) is 12.7. The van der Waals surface area contributed by atoms with Crippen LogP contribution in [0.15, 0.2) is 42.5 Å². The van der Waals surface area contributed by atoms with Gasteiger partial charge in [0.2, 0.25) is 0 Å². The fourth-order valence-electron chi connectivity index (χ4n) is 3.44. The van der Waals surface area contributed by atoms with Crippen molar-refractivity contribution in [3.05, 3.63) is 81.7 Å². The monoisotopic (exact) mass is 404 g/mol. The molecule has 0 aliphatic carbocycles. The molecular formula is C25H28N2O3. The zero-order valence-corrected chi connectivity index (χ0v) is 18.4. The zero-order chi connectivity index (χ0) is 21.8. The number of hydrogen-bond donors (Lipinski definition) is 0. The fraction of sp³-hybridized carbons (Fsp3) is 0.280. The first-order valence-corrected chi connectivity index (χ1v) is 9.90. The number of allylic oxidation sites excluding steroid dienone is 1. The highest BCUT2D eigenvalue weighted by Crippen LogP contribution is 2.26. The van der Waals surface area contributed by atoms with Crippen LogP contribution in [-0.2, 0) is 13.7 Å². The van der Waals surface area contributed by atoms with E-state index in [1.54, 1.807) is 17.9 Å². The molecule has 0 amide bonds. The Hall–Kier alpha value is -3.34. The predicted octanol–water partition coefficient (Wildman–Crippen LogP) is 5.14. The highest BCUT2D eigenvalue weighted by atomic mass is 16.5. The molecule has 0 saturated carbocycles. The van der Waals surface area contributed by atoms with Gasteiger partial charge in [0.15, 0.2) is 5.78 Å². The zero-order valence-electron chi connectivity index (χ0n) is 18.4. The quantitative estimate of drug-likeness (QED) is 0.404. The van der Waals surface area contributed by atoms with Crippen molar-refractivity contribution in [3.63, 3.8) is 0 Å². The smallest absolute Gasteiger partial charge is 0.189 e. The second kappa shape index (κ2) is 8.99. The minimum atomic E-state index is -0.0536. The predicted molar refractivity (Wildman–Crippen MR) is 119 cm³/mol. The van der Waals surface area contributed by atoms with Gasteiger partial charge in [-0.3, -0.25) is 9.48 Å². The molecule has 0 radical (unpaired) electrons. The molecule has 156 valence electrons. The third-order valence-electron chi connectivity index (χ3n) is 5.43. The Morgan fingerprint density at radius 1 is 1.10 bits per heavy atom. The van der Waals surface area contributed by atoms with Gasteiger partial charge >= 0.3 is 0 Å². The van der Waals surface area contributed by atoms with E-state index in [-0.39, 0.29) is 5.78 Å².